The molecule has 0 radical (unpaired) electrons. The molecule has 1 saturated carbocycles. The highest BCUT2D eigenvalue weighted by atomic mass is 19.1. The lowest BCUT2D eigenvalue weighted by Crippen LogP contribution is -2.35. The van der Waals surface area contributed by atoms with Crippen molar-refractivity contribution in [1.82, 2.24) is 0 Å². The van der Waals surface area contributed by atoms with Gasteiger partial charge in [0, 0.05) is 6.42 Å². The number of hydrogen-bond donors (Lipinski definition) is 1. The predicted molar refractivity (Wildman–Crippen MR) is 82.7 cm³/mol. The summed E-state index contributed by atoms with van der Waals surface area (Å²) in [6.07, 6.45) is 4.27. The summed E-state index contributed by atoms with van der Waals surface area (Å²) in [6, 6.07) is 17.0. The molecule has 0 bridgehead atoms. The van der Waals surface area contributed by atoms with E-state index in [0.29, 0.717) is 12.3 Å². The molecule has 110 valence electrons. The summed E-state index contributed by atoms with van der Waals surface area (Å²) < 4.78 is 12.9. The molecule has 1 fully saturated rings. The molecule has 0 unspecified atom stereocenters. The Morgan fingerprint density at radius 1 is 0.952 bits per heavy atom. The standard InChI is InChI=1S/C19H21FO/c20-18-8-6-15(7-9-18)14-19(21)12-10-17(11-13-19)16-4-2-1-3-5-16/h1-9,17,21H,10-14H2. The summed E-state index contributed by atoms with van der Waals surface area (Å²) >= 11 is 0. The fourth-order valence-electron chi connectivity index (χ4n) is 3.37. The molecule has 0 heterocycles. The first kappa shape index (κ1) is 14.3. The summed E-state index contributed by atoms with van der Waals surface area (Å²) in [5.74, 6) is 0.332. The molecule has 0 aliphatic heterocycles. The van der Waals surface area contributed by atoms with Crippen molar-refractivity contribution < 1.29 is 9.50 Å². The van der Waals surface area contributed by atoms with Crippen LogP contribution in [-0.4, -0.2) is 10.7 Å². The average Bonchev–Trinajstić information content (AvgIpc) is 2.51. The second-order valence-corrected chi connectivity index (χ2v) is 6.21. The molecule has 1 aliphatic carbocycles. The Morgan fingerprint density at radius 3 is 2.19 bits per heavy atom. The highest BCUT2D eigenvalue weighted by Gasteiger charge is 2.33. The number of benzene rings is 2. The number of rotatable bonds is 3. The van der Waals surface area contributed by atoms with Gasteiger partial charge in [0.1, 0.15) is 5.82 Å². The summed E-state index contributed by atoms with van der Waals surface area (Å²) in [6.45, 7) is 0. The largest absolute Gasteiger partial charge is 0.390 e. The van der Waals surface area contributed by atoms with Crippen LogP contribution in [0.4, 0.5) is 4.39 Å². The maximum absolute atomic E-state index is 12.9. The first-order valence-corrected chi connectivity index (χ1v) is 7.66. The van der Waals surface area contributed by atoms with Gasteiger partial charge < -0.3 is 5.11 Å². The van der Waals surface area contributed by atoms with Gasteiger partial charge in [0.05, 0.1) is 5.60 Å². The molecule has 0 amide bonds. The maximum atomic E-state index is 12.9. The van der Waals surface area contributed by atoms with E-state index in [1.807, 2.05) is 6.07 Å². The van der Waals surface area contributed by atoms with E-state index in [2.05, 4.69) is 24.3 Å². The highest BCUT2D eigenvalue weighted by Crippen LogP contribution is 2.39. The molecule has 1 nitrogen and oxygen atoms in total. The summed E-state index contributed by atoms with van der Waals surface area (Å²) in [7, 11) is 0. The highest BCUT2D eigenvalue weighted by molar-refractivity contribution is 5.22. The third kappa shape index (κ3) is 3.51. The topological polar surface area (TPSA) is 20.2 Å². The Labute approximate surface area is 125 Å². The van der Waals surface area contributed by atoms with Crippen LogP contribution in [0.5, 0.6) is 0 Å². The molecule has 0 aromatic heterocycles. The van der Waals surface area contributed by atoms with Gasteiger partial charge in [-0.25, -0.2) is 4.39 Å². The van der Waals surface area contributed by atoms with Gasteiger partial charge in [0.15, 0.2) is 0 Å². The van der Waals surface area contributed by atoms with Crippen LogP contribution in [0.25, 0.3) is 0 Å². The maximum Gasteiger partial charge on any atom is 0.123 e. The predicted octanol–water partition coefficient (Wildman–Crippen LogP) is 4.46. The van der Waals surface area contributed by atoms with Crippen molar-refractivity contribution in [3.63, 3.8) is 0 Å². The number of aliphatic hydroxyl groups is 1. The van der Waals surface area contributed by atoms with E-state index < -0.39 is 5.60 Å². The molecule has 2 aromatic carbocycles. The molecule has 2 heteroatoms. The number of halogens is 1. The van der Waals surface area contributed by atoms with Crippen LogP contribution in [0.1, 0.15) is 42.7 Å². The van der Waals surface area contributed by atoms with E-state index in [9.17, 15) is 9.50 Å². The van der Waals surface area contributed by atoms with E-state index in [0.717, 1.165) is 31.2 Å². The van der Waals surface area contributed by atoms with Gasteiger partial charge >= 0.3 is 0 Å². The first-order valence-electron chi connectivity index (χ1n) is 7.66. The van der Waals surface area contributed by atoms with Gasteiger partial charge in [0.25, 0.3) is 0 Å². The Kier molecular flexibility index (Phi) is 4.07. The van der Waals surface area contributed by atoms with Crippen LogP contribution < -0.4 is 0 Å². The molecular formula is C19H21FO. The Hall–Kier alpha value is -1.67. The van der Waals surface area contributed by atoms with Gasteiger partial charge in [-0.15, -0.1) is 0 Å². The van der Waals surface area contributed by atoms with Crippen molar-refractivity contribution in [3.05, 3.63) is 71.5 Å². The summed E-state index contributed by atoms with van der Waals surface area (Å²) in [5, 5.41) is 10.8. The van der Waals surface area contributed by atoms with Gasteiger partial charge in [-0.05, 0) is 54.9 Å². The molecular weight excluding hydrogens is 263 g/mol. The molecule has 21 heavy (non-hydrogen) atoms. The Morgan fingerprint density at radius 2 is 1.57 bits per heavy atom. The second kappa shape index (κ2) is 5.98. The van der Waals surface area contributed by atoms with E-state index in [1.165, 1.54) is 17.7 Å². The van der Waals surface area contributed by atoms with Crippen LogP contribution in [-0.2, 0) is 6.42 Å². The minimum absolute atomic E-state index is 0.224. The zero-order valence-electron chi connectivity index (χ0n) is 12.1. The fraction of sp³-hybridized carbons (Fsp3) is 0.368. The monoisotopic (exact) mass is 284 g/mol. The molecule has 1 N–H and O–H groups in total. The Bertz CT molecular complexity index is 568. The van der Waals surface area contributed by atoms with E-state index >= 15 is 0 Å². The second-order valence-electron chi connectivity index (χ2n) is 6.21. The molecule has 0 saturated heterocycles. The lowest BCUT2D eigenvalue weighted by atomic mass is 9.74. The third-order valence-electron chi connectivity index (χ3n) is 4.63. The lowest BCUT2D eigenvalue weighted by Gasteiger charge is -2.36. The van der Waals surface area contributed by atoms with Crippen LogP contribution in [0.15, 0.2) is 54.6 Å². The van der Waals surface area contributed by atoms with E-state index in [-0.39, 0.29) is 5.82 Å². The summed E-state index contributed by atoms with van der Waals surface area (Å²) in [5.41, 5.74) is 1.75. The van der Waals surface area contributed by atoms with E-state index in [1.54, 1.807) is 12.1 Å². The van der Waals surface area contributed by atoms with Crippen molar-refractivity contribution >= 4 is 0 Å². The zero-order chi connectivity index (χ0) is 14.7. The van der Waals surface area contributed by atoms with Crippen LogP contribution in [0.3, 0.4) is 0 Å². The molecule has 3 rings (SSSR count). The Balaban J connectivity index is 1.62. The van der Waals surface area contributed by atoms with Crippen LogP contribution >= 0.6 is 0 Å². The molecule has 2 aromatic rings. The van der Waals surface area contributed by atoms with Gasteiger partial charge in [-0.2, -0.15) is 0 Å². The molecule has 1 aliphatic rings. The lowest BCUT2D eigenvalue weighted by molar-refractivity contribution is -0.000470. The van der Waals surface area contributed by atoms with Crippen molar-refractivity contribution in [1.29, 1.82) is 0 Å². The minimum atomic E-state index is -0.636. The van der Waals surface area contributed by atoms with Gasteiger partial charge in [0.2, 0.25) is 0 Å². The van der Waals surface area contributed by atoms with Crippen LogP contribution in [0, 0.1) is 5.82 Å². The molecule has 0 atom stereocenters. The van der Waals surface area contributed by atoms with Crippen molar-refractivity contribution in [2.75, 3.05) is 0 Å². The molecule has 0 spiro atoms. The zero-order valence-corrected chi connectivity index (χ0v) is 12.1. The van der Waals surface area contributed by atoms with Crippen LogP contribution in [0.2, 0.25) is 0 Å². The number of hydrogen-bond acceptors (Lipinski definition) is 1. The van der Waals surface area contributed by atoms with Crippen molar-refractivity contribution in [2.24, 2.45) is 0 Å². The van der Waals surface area contributed by atoms with Gasteiger partial charge in [-0.1, -0.05) is 42.5 Å². The first-order chi connectivity index (χ1) is 10.1. The minimum Gasteiger partial charge on any atom is -0.390 e. The fourth-order valence-corrected chi connectivity index (χ4v) is 3.37. The smallest absolute Gasteiger partial charge is 0.123 e. The van der Waals surface area contributed by atoms with Crippen molar-refractivity contribution in [3.8, 4) is 0 Å². The van der Waals surface area contributed by atoms with Crippen molar-refractivity contribution in [2.45, 2.75) is 43.6 Å². The normalized spacial score (nSPS) is 25.7. The SMILES string of the molecule is OC1(Cc2ccc(F)cc2)CCC(c2ccccc2)CC1. The average molecular weight is 284 g/mol. The summed E-state index contributed by atoms with van der Waals surface area (Å²) in [4.78, 5) is 0. The van der Waals surface area contributed by atoms with E-state index in [4.69, 9.17) is 0 Å². The quantitative estimate of drug-likeness (QED) is 0.882. The third-order valence-corrected chi connectivity index (χ3v) is 4.63. The van der Waals surface area contributed by atoms with Gasteiger partial charge in [-0.3, -0.25) is 0 Å².